The number of nitrogens with zero attached hydrogens (tertiary/aromatic N) is 2. The fraction of sp³-hybridized carbons (Fsp3) is 0.0500. The summed E-state index contributed by atoms with van der Waals surface area (Å²) in [6, 6.07) is 18.6. The lowest BCUT2D eigenvalue weighted by Crippen LogP contribution is -2.12. The van der Waals surface area contributed by atoms with Gasteiger partial charge in [-0.3, -0.25) is 20.3 Å². The number of ether oxygens (including phenoxy) is 1. The summed E-state index contributed by atoms with van der Waals surface area (Å²) in [4.78, 5) is 10.4. The summed E-state index contributed by atoms with van der Waals surface area (Å²) < 4.78 is 32.4. The number of benzene rings is 3. The van der Waals surface area contributed by atoms with Gasteiger partial charge in [-0.2, -0.15) is 5.10 Å². The van der Waals surface area contributed by atoms with Gasteiger partial charge in [0, 0.05) is 23.4 Å². The lowest BCUT2D eigenvalue weighted by Gasteiger charge is -2.09. The van der Waals surface area contributed by atoms with E-state index in [9.17, 15) is 18.5 Å². The third-order valence-electron chi connectivity index (χ3n) is 4.00. The molecule has 0 bridgehead atoms. The van der Waals surface area contributed by atoms with Crippen LogP contribution in [0.1, 0.15) is 5.56 Å². The molecule has 0 heterocycles. The van der Waals surface area contributed by atoms with Crippen LogP contribution >= 0.6 is 0 Å². The molecule has 3 aromatic carbocycles. The van der Waals surface area contributed by atoms with E-state index in [1.807, 2.05) is 0 Å². The predicted octanol–water partition coefficient (Wildman–Crippen LogP) is 3.85. The van der Waals surface area contributed by atoms with Crippen molar-refractivity contribution in [3.8, 4) is 5.75 Å². The molecular formula is C20H18N4O5S. The largest absolute Gasteiger partial charge is 0.497 e. The maximum atomic E-state index is 12.5. The Morgan fingerprint density at radius 3 is 2.30 bits per heavy atom. The highest BCUT2D eigenvalue weighted by atomic mass is 32.2. The minimum Gasteiger partial charge on any atom is -0.497 e. The molecule has 0 unspecified atom stereocenters. The van der Waals surface area contributed by atoms with Crippen LogP contribution in [0, 0.1) is 10.1 Å². The highest BCUT2D eigenvalue weighted by Crippen LogP contribution is 2.20. The summed E-state index contributed by atoms with van der Waals surface area (Å²) in [5.74, 6) is 0.565. The number of sulfonamides is 1. The molecule has 0 aromatic heterocycles. The first kappa shape index (κ1) is 20.8. The molecule has 10 heteroatoms. The van der Waals surface area contributed by atoms with Gasteiger partial charge in [0.15, 0.2) is 0 Å². The smallest absolute Gasteiger partial charge is 0.270 e. The summed E-state index contributed by atoms with van der Waals surface area (Å²) in [6.45, 7) is 0. The molecule has 0 aliphatic heterocycles. The Morgan fingerprint density at radius 1 is 1.00 bits per heavy atom. The highest BCUT2D eigenvalue weighted by Gasteiger charge is 2.14. The van der Waals surface area contributed by atoms with Crippen molar-refractivity contribution in [1.29, 1.82) is 0 Å². The number of anilines is 2. The Kier molecular flexibility index (Phi) is 6.28. The average molecular weight is 426 g/mol. The molecule has 30 heavy (non-hydrogen) atoms. The Morgan fingerprint density at radius 2 is 1.67 bits per heavy atom. The second kappa shape index (κ2) is 9.05. The van der Waals surface area contributed by atoms with Gasteiger partial charge >= 0.3 is 0 Å². The van der Waals surface area contributed by atoms with Crippen molar-refractivity contribution in [3.05, 3.63) is 88.5 Å². The fourth-order valence-corrected chi connectivity index (χ4v) is 3.54. The van der Waals surface area contributed by atoms with Gasteiger partial charge in [-0.15, -0.1) is 0 Å². The van der Waals surface area contributed by atoms with Crippen LogP contribution in [0.4, 0.5) is 17.1 Å². The fourth-order valence-electron chi connectivity index (χ4n) is 2.48. The summed E-state index contributed by atoms with van der Waals surface area (Å²) in [5.41, 5.74) is 4.34. The van der Waals surface area contributed by atoms with E-state index in [0.717, 1.165) is 0 Å². The van der Waals surface area contributed by atoms with Crippen LogP contribution in [-0.4, -0.2) is 26.7 Å². The molecule has 0 fully saturated rings. The van der Waals surface area contributed by atoms with Crippen LogP contribution in [0.5, 0.6) is 5.75 Å². The van der Waals surface area contributed by atoms with Crippen molar-refractivity contribution in [2.24, 2.45) is 5.10 Å². The van der Waals surface area contributed by atoms with Gasteiger partial charge < -0.3 is 4.74 Å². The molecule has 0 saturated heterocycles. The number of non-ortho nitro benzene ring substituents is 1. The van der Waals surface area contributed by atoms with Gasteiger partial charge in [-0.1, -0.05) is 12.1 Å². The first-order chi connectivity index (χ1) is 14.4. The number of methoxy groups -OCH3 is 1. The molecule has 3 rings (SSSR count). The molecule has 0 radical (unpaired) electrons. The van der Waals surface area contributed by atoms with E-state index in [-0.39, 0.29) is 10.6 Å². The van der Waals surface area contributed by atoms with Crippen LogP contribution in [0.2, 0.25) is 0 Å². The molecule has 0 aliphatic rings. The molecule has 0 atom stereocenters. The predicted molar refractivity (Wildman–Crippen MR) is 115 cm³/mol. The Bertz CT molecular complexity index is 1160. The van der Waals surface area contributed by atoms with Crippen LogP contribution in [0.25, 0.3) is 0 Å². The van der Waals surface area contributed by atoms with Crippen molar-refractivity contribution in [2.45, 2.75) is 4.90 Å². The molecule has 3 aromatic rings. The Hall–Kier alpha value is -3.92. The van der Waals surface area contributed by atoms with Gasteiger partial charge in [-0.25, -0.2) is 8.42 Å². The maximum absolute atomic E-state index is 12.5. The standard InChI is InChI=1S/C20H18N4O5S/c1-29-19-9-11-20(12-10-19)30(27,28)23-17-7-5-16(6-8-17)22-21-14-15-3-2-4-18(13-15)24(25)26/h2-14,22-23H,1H3/b21-14+. The van der Waals surface area contributed by atoms with Crippen LogP contribution < -0.4 is 14.9 Å². The van der Waals surface area contributed by atoms with Crippen molar-refractivity contribution >= 4 is 33.3 Å². The zero-order valence-corrected chi connectivity index (χ0v) is 16.7. The molecule has 0 amide bonds. The SMILES string of the molecule is COc1ccc(S(=O)(=O)Nc2ccc(N/N=C/c3cccc([N+](=O)[O-])c3)cc2)cc1. The van der Waals surface area contributed by atoms with E-state index in [1.54, 1.807) is 48.5 Å². The van der Waals surface area contributed by atoms with E-state index < -0.39 is 14.9 Å². The highest BCUT2D eigenvalue weighted by molar-refractivity contribution is 7.92. The second-order valence-electron chi connectivity index (χ2n) is 6.08. The zero-order valence-electron chi connectivity index (χ0n) is 15.8. The van der Waals surface area contributed by atoms with Gasteiger partial charge in [0.25, 0.3) is 15.7 Å². The number of hydrogen-bond acceptors (Lipinski definition) is 7. The molecule has 154 valence electrons. The number of nitro benzene ring substituents is 1. The average Bonchev–Trinajstić information content (AvgIpc) is 2.75. The summed E-state index contributed by atoms with van der Waals surface area (Å²) in [6.07, 6.45) is 1.45. The minimum atomic E-state index is -3.73. The van der Waals surface area contributed by atoms with Gasteiger partial charge in [0.2, 0.25) is 0 Å². The first-order valence-electron chi connectivity index (χ1n) is 8.68. The van der Waals surface area contributed by atoms with E-state index in [0.29, 0.717) is 22.7 Å². The van der Waals surface area contributed by atoms with Crippen molar-refractivity contribution < 1.29 is 18.1 Å². The maximum Gasteiger partial charge on any atom is 0.270 e. The molecule has 2 N–H and O–H groups in total. The number of hydrazone groups is 1. The molecular weight excluding hydrogens is 408 g/mol. The number of nitro groups is 1. The van der Waals surface area contributed by atoms with Crippen LogP contribution in [-0.2, 0) is 10.0 Å². The number of rotatable bonds is 8. The topological polar surface area (TPSA) is 123 Å². The van der Waals surface area contributed by atoms with Crippen molar-refractivity contribution in [2.75, 3.05) is 17.3 Å². The third-order valence-corrected chi connectivity index (χ3v) is 5.39. The minimum absolute atomic E-state index is 0.0209. The zero-order chi connectivity index (χ0) is 21.6. The molecule has 0 spiro atoms. The molecule has 0 aliphatic carbocycles. The lowest BCUT2D eigenvalue weighted by atomic mass is 10.2. The Labute approximate surface area is 173 Å². The molecule has 0 saturated carbocycles. The van der Waals surface area contributed by atoms with Gasteiger partial charge in [0.05, 0.1) is 28.8 Å². The van der Waals surface area contributed by atoms with Crippen LogP contribution in [0.3, 0.4) is 0 Å². The lowest BCUT2D eigenvalue weighted by molar-refractivity contribution is -0.384. The normalized spacial score (nSPS) is 11.2. The van der Waals surface area contributed by atoms with Gasteiger partial charge in [0.1, 0.15) is 5.75 Å². The Balaban J connectivity index is 1.63. The second-order valence-corrected chi connectivity index (χ2v) is 7.76. The molecule has 9 nitrogen and oxygen atoms in total. The van der Waals surface area contributed by atoms with E-state index in [2.05, 4.69) is 15.2 Å². The summed E-state index contributed by atoms with van der Waals surface area (Å²) >= 11 is 0. The van der Waals surface area contributed by atoms with Crippen molar-refractivity contribution in [3.63, 3.8) is 0 Å². The van der Waals surface area contributed by atoms with E-state index in [1.165, 1.54) is 37.6 Å². The summed E-state index contributed by atoms with van der Waals surface area (Å²) in [7, 11) is -2.22. The first-order valence-corrected chi connectivity index (χ1v) is 10.2. The monoisotopic (exact) mass is 426 g/mol. The van der Waals surface area contributed by atoms with Crippen LogP contribution in [0.15, 0.2) is 82.8 Å². The quantitative estimate of drug-likeness (QED) is 0.320. The van der Waals surface area contributed by atoms with E-state index in [4.69, 9.17) is 4.74 Å². The van der Waals surface area contributed by atoms with Gasteiger partial charge in [-0.05, 0) is 48.5 Å². The number of nitrogens with one attached hydrogen (secondary N) is 2. The number of hydrogen-bond donors (Lipinski definition) is 2. The van der Waals surface area contributed by atoms with E-state index >= 15 is 0 Å². The van der Waals surface area contributed by atoms with Crippen molar-refractivity contribution in [1.82, 2.24) is 0 Å². The third kappa shape index (κ3) is 5.32. The summed E-state index contributed by atoms with van der Waals surface area (Å²) in [5, 5.41) is 14.8.